The number of carboxylic acids is 1. The van der Waals surface area contributed by atoms with E-state index in [0.717, 1.165) is 12.8 Å². The van der Waals surface area contributed by atoms with E-state index in [-0.39, 0.29) is 17.0 Å². The quantitative estimate of drug-likeness (QED) is 0.725. The monoisotopic (exact) mass is 354 g/mol. The normalized spacial score (nSPS) is 15.3. The molecule has 5 nitrogen and oxygen atoms in total. The number of carbonyl (C=O) groups is 2. The topological polar surface area (TPSA) is 78.4 Å². The minimum atomic E-state index is -1.03. The number of aromatic carboxylic acids is 1. The fourth-order valence-corrected chi connectivity index (χ4v) is 2.94. The molecule has 0 atom stereocenters. The minimum Gasteiger partial charge on any atom is -0.478 e. The van der Waals surface area contributed by atoms with Crippen LogP contribution in [0.2, 0.25) is 0 Å². The van der Waals surface area contributed by atoms with Gasteiger partial charge < -0.3 is 15.7 Å². The van der Waals surface area contributed by atoms with E-state index in [2.05, 4.69) is 33.5 Å². The molecule has 2 rings (SSSR count). The van der Waals surface area contributed by atoms with E-state index in [9.17, 15) is 9.59 Å². The first-order valence-electron chi connectivity index (χ1n) is 7.03. The molecule has 1 aromatic rings. The summed E-state index contributed by atoms with van der Waals surface area (Å²) in [5.41, 5.74) is 0.874. The molecule has 1 aromatic carbocycles. The van der Waals surface area contributed by atoms with Gasteiger partial charge in [-0.1, -0.05) is 29.3 Å². The average molecular weight is 355 g/mol. The lowest BCUT2D eigenvalue weighted by Gasteiger charge is -2.15. The van der Waals surface area contributed by atoms with Crippen LogP contribution in [0.25, 0.3) is 0 Å². The number of urea groups is 1. The van der Waals surface area contributed by atoms with Crippen LogP contribution < -0.4 is 10.6 Å². The number of halogens is 1. The van der Waals surface area contributed by atoms with E-state index in [1.165, 1.54) is 25.0 Å². The number of nitrogens with one attached hydrogen (secondary N) is 2. The number of anilines is 1. The first-order valence-corrected chi connectivity index (χ1v) is 7.82. The van der Waals surface area contributed by atoms with Crippen molar-refractivity contribution in [1.82, 2.24) is 5.32 Å². The minimum absolute atomic E-state index is 0.129. The molecule has 6 heteroatoms. The van der Waals surface area contributed by atoms with Gasteiger partial charge in [0.25, 0.3) is 0 Å². The van der Waals surface area contributed by atoms with E-state index in [1.807, 2.05) is 0 Å². The van der Waals surface area contributed by atoms with Crippen molar-refractivity contribution in [2.75, 3.05) is 11.9 Å². The van der Waals surface area contributed by atoms with Gasteiger partial charge >= 0.3 is 12.0 Å². The first kappa shape index (κ1) is 15.8. The molecule has 0 heterocycles. The summed E-state index contributed by atoms with van der Waals surface area (Å²) < 4.78 is 0.613. The summed E-state index contributed by atoms with van der Waals surface area (Å²) >= 11 is 3.24. The summed E-state index contributed by atoms with van der Waals surface area (Å²) in [7, 11) is 0. The second-order valence-corrected chi connectivity index (χ2v) is 6.51. The highest BCUT2D eigenvalue weighted by molar-refractivity contribution is 9.10. The average Bonchev–Trinajstić information content (AvgIpc) is 3.16. The molecule has 2 amide bonds. The largest absolute Gasteiger partial charge is 0.478 e. The van der Waals surface area contributed by atoms with Crippen LogP contribution in [0.15, 0.2) is 22.7 Å². The van der Waals surface area contributed by atoms with Crippen molar-refractivity contribution >= 4 is 33.6 Å². The van der Waals surface area contributed by atoms with Gasteiger partial charge in [0.1, 0.15) is 0 Å². The van der Waals surface area contributed by atoms with Crippen LogP contribution in [-0.2, 0) is 0 Å². The highest BCUT2D eigenvalue weighted by Gasteiger charge is 2.41. The molecule has 0 aliphatic heterocycles. The maximum Gasteiger partial charge on any atom is 0.335 e. The Morgan fingerprint density at radius 1 is 1.33 bits per heavy atom. The van der Waals surface area contributed by atoms with Gasteiger partial charge in [0, 0.05) is 16.7 Å². The molecule has 0 saturated heterocycles. The zero-order valence-corrected chi connectivity index (χ0v) is 13.5. The molecule has 0 spiro atoms. The molecule has 0 radical (unpaired) electrons. The van der Waals surface area contributed by atoms with Gasteiger partial charge in [0.05, 0.1) is 5.56 Å². The van der Waals surface area contributed by atoms with Gasteiger partial charge in [-0.05, 0) is 42.9 Å². The lowest BCUT2D eigenvalue weighted by molar-refractivity contribution is 0.0697. The lowest BCUT2D eigenvalue weighted by atomic mass is 10.0. The Morgan fingerprint density at radius 3 is 2.62 bits per heavy atom. The molecular weight excluding hydrogens is 336 g/mol. The van der Waals surface area contributed by atoms with Crippen LogP contribution in [0.1, 0.15) is 43.0 Å². The zero-order chi connectivity index (χ0) is 15.5. The molecule has 21 heavy (non-hydrogen) atoms. The summed E-state index contributed by atoms with van der Waals surface area (Å²) in [6.07, 6.45) is 4.59. The fourth-order valence-electron chi connectivity index (χ4n) is 2.45. The summed E-state index contributed by atoms with van der Waals surface area (Å²) in [5.74, 6) is -1.03. The summed E-state index contributed by atoms with van der Waals surface area (Å²) in [6.45, 7) is 2.82. The zero-order valence-electron chi connectivity index (χ0n) is 11.9. The predicted octanol–water partition coefficient (Wildman–Crippen LogP) is 3.85. The SMILES string of the molecule is CCCC1(CNC(=O)Nc2cc(Br)cc(C(=O)O)c2)CC1. The van der Waals surface area contributed by atoms with E-state index < -0.39 is 5.97 Å². The number of carboxylic acid groups (broad SMARTS) is 1. The maximum atomic E-state index is 11.9. The second kappa shape index (κ2) is 6.47. The third-order valence-corrected chi connectivity index (χ3v) is 4.22. The molecule has 3 N–H and O–H groups in total. The number of carbonyl (C=O) groups excluding carboxylic acids is 1. The number of benzene rings is 1. The molecule has 114 valence electrons. The van der Waals surface area contributed by atoms with Crippen molar-refractivity contribution in [2.45, 2.75) is 32.6 Å². The van der Waals surface area contributed by atoms with E-state index in [4.69, 9.17) is 5.11 Å². The number of rotatable bonds is 6. The molecule has 1 aliphatic rings. The number of hydrogen-bond donors (Lipinski definition) is 3. The van der Waals surface area contributed by atoms with Crippen molar-refractivity contribution in [2.24, 2.45) is 5.41 Å². The van der Waals surface area contributed by atoms with Crippen molar-refractivity contribution in [1.29, 1.82) is 0 Å². The van der Waals surface area contributed by atoms with Crippen LogP contribution in [-0.4, -0.2) is 23.7 Å². The standard InChI is InChI=1S/C15H19BrN2O3/c1-2-3-15(4-5-15)9-17-14(21)18-12-7-10(13(19)20)6-11(16)8-12/h6-8H,2-5,9H2,1H3,(H,19,20)(H2,17,18,21). The van der Waals surface area contributed by atoms with Crippen molar-refractivity contribution < 1.29 is 14.7 Å². The number of hydrogen-bond acceptors (Lipinski definition) is 2. The third kappa shape index (κ3) is 4.46. The van der Waals surface area contributed by atoms with E-state index >= 15 is 0 Å². The van der Waals surface area contributed by atoms with Gasteiger partial charge in [-0.2, -0.15) is 0 Å². The van der Waals surface area contributed by atoms with Gasteiger partial charge in [-0.15, -0.1) is 0 Å². The van der Waals surface area contributed by atoms with Gasteiger partial charge in [0.15, 0.2) is 0 Å². The molecular formula is C15H19BrN2O3. The molecule has 1 fully saturated rings. The number of amides is 2. The van der Waals surface area contributed by atoms with Crippen LogP contribution in [0.3, 0.4) is 0 Å². The van der Waals surface area contributed by atoms with Crippen LogP contribution in [0.5, 0.6) is 0 Å². The molecule has 1 aliphatic carbocycles. The summed E-state index contributed by atoms with van der Waals surface area (Å²) in [5, 5.41) is 14.5. The first-order chi connectivity index (χ1) is 9.94. The molecule has 0 bridgehead atoms. The Labute approximate surface area is 132 Å². The Bertz CT molecular complexity index is 556. The molecule has 0 unspecified atom stereocenters. The van der Waals surface area contributed by atoms with Crippen molar-refractivity contribution in [3.63, 3.8) is 0 Å². The Kier molecular flexibility index (Phi) is 4.88. The maximum absolute atomic E-state index is 11.9. The van der Waals surface area contributed by atoms with Crippen molar-refractivity contribution in [3.05, 3.63) is 28.2 Å². The van der Waals surface area contributed by atoms with Gasteiger partial charge in [-0.3, -0.25) is 0 Å². The second-order valence-electron chi connectivity index (χ2n) is 5.59. The highest BCUT2D eigenvalue weighted by Crippen LogP contribution is 2.48. The summed E-state index contributed by atoms with van der Waals surface area (Å²) in [4.78, 5) is 22.9. The van der Waals surface area contributed by atoms with E-state index in [1.54, 1.807) is 6.07 Å². The Balaban J connectivity index is 1.92. The third-order valence-electron chi connectivity index (χ3n) is 3.76. The molecule has 1 saturated carbocycles. The Hall–Kier alpha value is -1.56. The fraction of sp³-hybridized carbons (Fsp3) is 0.467. The highest BCUT2D eigenvalue weighted by atomic mass is 79.9. The predicted molar refractivity (Wildman–Crippen MR) is 84.7 cm³/mol. The van der Waals surface area contributed by atoms with Crippen LogP contribution in [0, 0.1) is 5.41 Å². The van der Waals surface area contributed by atoms with Crippen molar-refractivity contribution in [3.8, 4) is 0 Å². The summed E-state index contributed by atoms with van der Waals surface area (Å²) in [6, 6.07) is 4.30. The van der Waals surface area contributed by atoms with Gasteiger partial charge in [0.2, 0.25) is 0 Å². The van der Waals surface area contributed by atoms with Crippen LogP contribution >= 0.6 is 15.9 Å². The van der Waals surface area contributed by atoms with Gasteiger partial charge in [-0.25, -0.2) is 9.59 Å². The lowest BCUT2D eigenvalue weighted by Crippen LogP contribution is -2.33. The van der Waals surface area contributed by atoms with E-state index in [0.29, 0.717) is 16.7 Å². The molecule has 0 aromatic heterocycles. The Morgan fingerprint density at radius 2 is 2.05 bits per heavy atom. The van der Waals surface area contributed by atoms with Crippen LogP contribution in [0.4, 0.5) is 10.5 Å². The smallest absolute Gasteiger partial charge is 0.335 e.